The van der Waals surface area contributed by atoms with Crippen LogP contribution < -0.4 is 5.48 Å². The van der Waals surface area contributed by atoms with Gasteiger partial charge in [-0.05, 0) is 43.6 Å². The highest BCUT2D eigenvalue weighted by Crippen LogP contribution is 2.41. The molecule has 11 heteroatoms. The quantitative estimate of drug-likeness (QED) is 0.316. The molecule has 178 valence electrons. The van der Waals surface area contributed by atoms with Gasteiger partial charge in [-0.1, -0.05) is 36.3 Å². The van der Waals surface area contributed by atoms with E-state index < -0.39 is 29.2 Å². The fraction of sp³-hybridized carbons (Fsp3) is 0.619. The fourth-order valence-electron chi connectivity index (χ4n) is 4.50. The van der Waals surface area contributed by atoms with Crippen molar-refractivity contribution < 1.29 is 33.1 Å². The number of alkyl halides is 3. The molecule has 1 aliphatic carbocycles. The Labute approximate surface area is 189 Å². The van der Waals surface area contributed by atoms with Crippen LogP contribution in [0.25, 0.3) is 0 Å². The summed E-state index contributed by atoms with van der Waals surface area (Å²) < 4.78 is 42.6. The molecule has 32 heavy (non-hydrogen) atoms. The van der Waals surface area contributed by atoms with Gasteiger partial charge in [0, 0.05) is 37.5 Å². The van der Waals surface area contributed by atoms with Crippen molar-refractivity contribution in [2.45, 2.75) is 38.3 Å². The van der Waals surface area contributed by atoms with Gasteiger partial charge in [0.05, 0.1) is 5.41 Å². The van der Waals surface area contributed by atoms with Crippen molar-refractivity contribution in [2.75, 3.05) is 31.9 Å². The molecule has 0 aromatic heterocycles. The molecule has 2 heterocycles. The van der Waals surface area contributed by atoms with Crippen molar-refractivity contribution in [1.82, 2.24) is 14.7 Å². The topological polar surface area (TPSA) is 93.1 Å². The minimum atomic E-state index is -4.35. The first kappa shape index (κ1) is 24.7. The molecule has 2 fully saturated rings. The van der Waals surface area contributed by atoms with Crippen LogP contribution >= 0.6 is 11.9 Å². The molecule has 2 saturated heterocycles. The second-order valence-corrected chi connectivity index (χ2v) is 9.45. The Kier molecular flexibility index (Phi) is 7.94. The molecule has 0 unspecified atom stereocenters. The Morgan fingerprint density at radius 1 is 1.16 bits per heavy atom. The molecular formula is C21H28F3N3O4S. The van der Waals surface area contributed by atoms with Gasteiger partial charge in [-0.3, -0.25) is 14.3 Å². The van der Waals surface area contributed by atoms with Crippen molar-refractivity contribution in [3.63, 3.8) is 0 Å². The maximum Gasteiger partial charge on any atom is 0.413 e. The number of amides is 2. The lowest BCUT2D eigenvalue weighted by atomic mass is 9.79. The van der Waals surface area contributed by atoms with E-state index in [0.29, 0.717) is 50.1 Å². The second-order valence-electron chi connectivity index (χ2n) is 8.39. The third kappa shape index (κ3) is 5.68. The zero-order valence-electron chi connectivity index (χ0n) is 17.6. The van der Waals surface area contributed by atoms with Crippen LogP contribution in [0.15, 0.2) is 35.5 Å². The van der Waals surface area contributed by atoms with E-state index in [1.807, 2.05) is 0 Å². The lowest BCUT2D eigenvalue weighted by molar-refractivity contribution is -0.141. The van der Waals surface area contributed by atoms with Crippen LogP contribution in [-0.2, 0) is 4.79 Å². The number of hydrogen-bond acceptors (Lipinski definition) is 5. The van der Waals surface area contributed by atoms with Gasteiger partial charge in [-0.2, -0.15) is 13.2 Å². The normalized spacial score (nSPS) is 22.7. The molecule has 0 saturated carbocycles. The zero-order valence-corrected chi connectivity index (χ0v) is 18.4. The predicted molar refractivity (Wildman–Crippen MR) is 114 cm³/mol. The van der Waals surface area contributed by atoms with Gasteiger partial charge in [-0.15, -0.1) is 0 Å². The summed E-state index contributed by atoms with van der Waals surface area (Å²) >= 11 is 1.44. The van der Waals surface area contributed by atoms with Gasteiger partial charge in [0.25, 0.3) is 5.91 Å². The Morgan fingerprint density at radius 3 is 2.38 bits per heavy atom. The van der Waals surface area contributed by atoms with E-state index in [2.05, 4.69) is 4.31 Å². The highest BCUT2D eigenvalue weighted by atomic mass is 32.2. The number of carboxylic acid groups (broad SMARTS) is 1. The molecule has 2 amide bonds. The highest BCUT2D eigenvalue weighted by Gasteiger charge is 2.43. The second kappa shape index (κ2) is 10.3. The standard InChI is InChI=1S/C21H28F3N3O4S/c22-21(23,24)17-5-3-1-2-4-16(17)15-6-10-27(11-7-15)32-14-20(18(28)25-31)8-12-26(13-9-20)19(29)30/h1-4,15,31H,5-14H2,(H,25,28)(H,29,30). The largest absolute Gasteiger partial charge is 0.465 e. The van der Waals surface area contributed by atoms with Gasteiger partial charge in [0.2, 0.25) is 0 Å². The number of hydrogen-bond donors (Lipinski definition) is 3. The summed E-state index contributed by atoms with van der Waals surface area (Å²) in [6.45, 7) is 1.59. The van der Waals surface area contributed by atoms with Crippen molar-refractivity contribution in [3.05, 3.63) is 35.5 Å². The third-order valence-corrected chi connectivity index (χ3v) is 7.94. The monoisotopic (exact) mass is 475 g/mol. The highest BCUT2D eigenvalue weighted by molar-refractivity contribution is 7.97. The number of rotatable bonds is 5. The van der Waals surface area contributed by atoms with Gasteiger partial charge in [0.15, 0.2) is 0 Å². The number of piperidine rings is 2. The number of carbonyl (C=O) groups is 2. The third-order valence-electron chi connectivity index (χ3n) is 6.53. The van der Waals surface area contributed by atoms with Crippen LogP contribution in [0.4, 0.5) is 18.0 Å². The van der Waals surface area contributed by atoms with Crippen molar-refractivity contribution in [3.8, 4) is 0 Å². The minimum Gasteiger partial charge on any atom is -0.465 e. The van der Waals surface area contributed by atoms with Crippen LogP contribution in [0.1, 0.15) is 32.1 Å². The molecular weight excluding hydrogens is 447 g/mol. The maximum absolute atomic E-state index is 13.5. The first-order valence-corrected chi connectivity index (χ1v) is 11.5. The first-order valence-electron chi connectivity index (χ1n) is 10.6. The minimum absolute atomic E-state index is 0.118. The number of hydroxylamine groups is 1. The van der Waals surface area contributed by atoms with Crippen molar-refractivity contribution in [2.24, 2.45) is 11.3 Å². The van der Waals surface area contributed by atoms with E-state index in [-0.39, 0.29) is 25.4 Å². The number of carbonyl (C=O) groups excluding carboxylic acids is 1. The summed E-state index contributed by atoms with van der Waals surface area (Å²) in [5.41, 5.74) is 0.725. The summed E-state index contributed by atoms with van der Waals surface area (Å²) in [4.78, 5) is 24.8. The van der Waals surface area contributed by atoms with Gasteiger partial charge in [0.1, 0.15) is 0 Å². The molecule has 2 aliphatic heterocycles. The van der Waals surface area contributed by atoms with E-state index >= 15 is 0 Å². The molecule has 0 radical (unpaired) electrons. The summed E-state index contributed by atoms with van der Waals surface area (Å²) in [6, 6.07) is 0. The Hall–Kier alpha value is -1.98. The summed E-state index contributed by atoms with van der Waals surface area (Å²) in [5, 5.41) is 18.3. The molecule has 3 aliphatic rings. The van der Waals surface area contributed by atoms with Crippen molar-refractivity contribution >= 4 is 23.9 Å². The first-order chi connectivity index (χ1) is 15.2. The molecule has 0 bridgehead atoms. The smallest absolute Gasteiger partial charge is 0.413 e. The predicted octanol–water partition coefficient (Wildman–Crippen LogP) is 3.99. The van der Waals surface area contributed by atoms with E-state index in [9.17, 15) is 28.0 Å². The van der Waals surface area contributed by atoms with Crippen LogP contribution in [-0.4, -0.2) is 69.6 Å². The average Bonchev–Trinajstić information content (AvgIpc) is 3.04. The van der Waals surface area contributed by atoms with Crippen LogP contribution in [0.5, 0.6) is 0 Å². The fourth-order valence-corrected chi connectivity index (χ4v) is 5.81. The molecule has 0 aromatic carbocycles. The molecule has 3 N–H and O–H groups in total. The Morgan fingerprint density at radius 2 is 1.81 bits per heavy atom. The number of halogens is 3. The van der Waals surface area contributed by atoms with Crippen LogP contribution in [0.2, 0.25) is 0 Å². The van der Waals surface area contributed by atoms with Gasteiger partial charge < -0.3 is 10.0 Å². The number of likely N-dealkylation sites (tertiary alicyclic amines) is 1. The van der Waals surface area contributed by atoms with E-state index in [1.54, 1.807) is 23.7 Å². The van der Waals surface area contributed by atoms with Gasteiger partial charge in [-0.25, -0.2) is 10.3 Å². The summed E-state index contributed by atoms with van der Waals surface area (Å²) in [5.74, 6) is -0.327. The van der Waals surface area contributed by atoms with E-state index in [4.69, 9.17) is 5.11 Å². The van der Waals surface area contributed by atoms with Crippen LogP contribution in [0, 0.1) is 11.3 Å². The number of nitrogens with zero attached hydrogens (tertiary/aromatic N) is 2. The van der Waals surface area contributed by atoms with Gasteiger partial charge >= 0.3 is 12.3 Å². The summed E-state index contributed by atoms with van der Waals surface area (Å²) in [7, 11) is 0. The number of allylic oxidation sites excluding steroid dienone is 6. The Bertz CT molecular complexity index is 797. The van der Waals surface area contributed by atoms with E-state index in [1.165, 1.54) is 22.9 Å². The lowest BCUT2D eigenvalue weighted by Gasteiger charge is -2.40. The average molecular weight is 476 g/mol. The molecule has 0 aromatic rings. The SMILES string of the molecule is O=C(O)N1CCC(CSN2CCC(C3=C(C(F)(F)F)CC=CC=C3)CC2)(C(=O)NO)CC1. The van der Waals surface area contributed by atoms with Crippen molar-refractivity contribution in [1.29, 1.82) is 0 Å². The molecule has 3 rings (SSSR count). The van der Waals surface area contributed by atoms with E-state index in [0.717, 1.165) is 0 Å². The lowest BCUT2D eigenvalue weighted by Crippen LogP contribution is -2.51. The Balaban J connectivity index is 1.60. The summed E-state index contributed by atoms with van der Waals surface area (Å²) in [6.07, 6.45) is 2.67. The maximum atomic E-state index is 13.5. The molecule has 7 nitrogen and oxygen atoms in total. The zero-order chi connectivity index (χ0) is 23.4. The van der Waals surface area contributed by atoms with Crippen LogP contribution in [0.3, 0.4) is 0 Å². The number of nitrogens with one attached hydrogen (secondary N) is 1. The molecule has 0 spiro atoms. The molecule has 0 atom stereocenters.